The molecule has 50 heavy (non-hydrogen) atoms. The molecule has 3 amide bonds. The number of hydrogen-bond acceptors (Lipinski definition) is 8. The first-order chi connectivity index (χ1) is 23.8. The Balaban J connectivity index is 1.37. The summed E-state index contributed by atoms with van der Waals surface area (Å²) in [5.74, 6) is -2.95. The summed E-state index contributed by atoms with van der Waals surface area (Å²) in [6, 6.07) is 16.3. The monoisotopic (exact) mass is 682 g/mol. The Hall–Kier alpha value is -5.33. The molecule has 3 N–H and O–H groups in total. The predicted octanol–water partition coefficient (Wildman–Crippen LogP) is 4.31. The van der Waals surface area contributed by atoms with Crippen LogP contribution in [0.25, 0.3) is 22.5 Å². The number of fused-ring (bicyclic) bond motifs is 2. The Morgan fingerprint density at radius 1 is 0.960 bits per heavy atom. The average molecular weight is 683 g/mol. The molecule has 0 radical (unpaired) electrons. The van der Waals surface area contributed by atoms with E-state index in [2.05, 4.69) is 10.6 Å². The largest absolute Gasteiger partial charge is 0.479 e. The molecule has 2 aromatic carbocycles. The number of hydrogen-bond donors (Lipinski definition) is 3. The second-order valence-corrected chi connectivity index (χ2v) is 14.2. The number of aliphatic carboxylic acids is 1. The normalized spacial score (nSPS) is 26.5. The van der Waals surface area contributed by atoms with E-state index in [0.29, 0.717) is 17.8 Å². The van der Waals surface area contributed by atoms with Crippen molar-refractivity contribution in [2.75, 3.05) is 6.54 Å². The van der Waals surface area contributed by atoms with Gasteiger partial charge < -0.3 is 25.4 Å². The minimum Gasteiger partial charge on any atom is -0.479 e. The molecular weight excluding hydrogens is 640 g/mol. The lowest BCUT2D eigenvalue weighted by Gasteiger charge is -2.30. The third kappa shape index (κ3) is 7.46. The number of ether oxygens (including phenoxy) is 1. The minimum atomic E-state index is -1.52. The molecule has 1 saturated carbocycles. The quantitative estimate of drug-likeness (QED) is 0.332. The van der Waals surface area contributed by atoms with Gasteiger partial charge in [0.15, 0.2) is 0 Å². The first kappa shape index (κ1) is 34.5. The van der Waals surface area contributed by atoms with E-state index in [0.717, 1.165) is 11.1 Å². The molecule has 13 heteroatoms. The molecule has 2 aliphatic heterocycles. The second-order valence-electron chi connectivity index (χ2n) is 14.2. The van der Waals surface area contributed by atoms with Gasteiger partial charge in [-0.1, -0.05) is 72.8 Å². The molecule has 1 aromatic heterocycles. The fraction of sp³-hybridized carbons (Fsp3) is 0.432. The van der Waals surface area contributed by atoms with Gasteiger partial charge in [0, 0.05) is 42.9 Å². The highest BCUT2D eigenvalue weighted by molar-refractivity contribution is 5.96. The summed E-state index contributed by atoms with van der Waals surface area (Å²) >= 11 is 0. The third-order valence-electron chi connectivity index (χ3n) is 9.32. The number of nitrogens with zero attached hydrogens (tertiary/aromatic N) is 4. The number of aromatic nitrogens is 3. The zero-order valence-electron chi connectivity index (χ0n) is 28.4. The van der Waals surface area contributed by atoms with Gasteiger partial charge in [0.1, 0.15) is 40.4 Å². The van der Waals surface area contributed by atoms with Gasteiger partial charge in [0.25, 0.3) is 0 Å². The van der Waals surface area contributed by atoms with E-state index in [1.807, 2.05) is 60.7 Å². The zero-order chi connectivity index (χ0) is 35.6. The van der Waals surface area contributed by atoms with Crippen molar-refractivity contribution in [3.63, 3.8) is 0 Å². The Kier molecular flexibility index (Phi) is 9.59. The number of carbonyl (C=O) groups is 5. The maximum absolute atomic E-state index is 14.4. The zero-order valence-corrected chi connectivity index (χ0v) is 28.4. The molecule has 6 rings (SSSR count). The Labute approximate surface area is 290 Å². The van der Waals surface area contributed by atoms with E-state index in [4.69, 9.17) is 14.9 Å². The summed E-state index contributed by atoms with van der Waals surface area (Å²) in [5.41, 5.74) is 0.545. The van der Waals surface area contributed by atoms with Gasteiger partial charge >= 0.3 is 12.1 Å². The predicted molar refractivity (Wildman–Crippen MR) is 182 cm³/mol. The number of carboxylic acids is 1. The van der Waals surface area contributed by atoms with Crippen molar-refractivity contribution >= 4 is 29.7 Å². The van der Waals surface area contributed by atoms with Crippen molar-refractivity contribution < 1.29 is 33.8 Å². The molecule has 0 spiro atoms. The number of carboxylic acid groups (broad SMARTS) is 1. The van der Waals surface area contributed by atoms with Crippen LogP contribution in [0.4, 0.5) is 4.79 Å². The van der Waals surface area contributed by atoms with E-state index < -0.39 is 59.1 Å². The number of allylic oxidation sites excluding steroid dienone is 1. The number of alkyl carbamates (subject to hydrolysis) is 1. The molecule has 1 saturated heterocycles. The van der Waals surface area contributed by atoms with Gasteiger partial charge in [0.05, 0.1) is 6.04 Å². The number of rotatable bonds is 5. The van der Waals surface area contributed by atoms with Gasteiger partial charge in [0.2, 0.25) is 11.8 Å². The fourth-order valence-electron chi connectivity index (χ4n) is 6.65. The summed E-state index contributed by atoms with van der Waals surface area (Å²) < 4.78 is 5.44. The molecule has 1 aliphatic carbocycles. The van der Waals surface area contributed by atoms with Crippen LogP contribution in [0.15, 0.2) is 72.8 Å². The highest BCUT2D eigenvalue weighted by Crippen LogP contribution is 2.45. The SMILES string of the molecule is CC(C)(C)OC(=O)N[C@H]1CCC(=O)CC/C=C\C2CC2(C(=O)O)NC(=O)[C@@H]2C[C@@H](n3nc(-c4ccccc4)c(-c4ccccc4)n3)CN2C1=O. The number of ketones is 1. The standard InChI is InChI=1S/C37H42N6O7/c1-36(2,3)50-35(49)38-28-19-18-27(44)17-11-10-16-25-21-37(25,34(47)48)39-32(45)29-20-26(22-42(29)33(28)46)43-40-30(23-12-6-4-7-13-23)31(41-43)24-14-8-5-9-15-24/h4-10,12-16,25-26,28-29H,11,17-22H2,1-3H3,(H,38,49)(H,39,45)(H,47,48)/b16-10-/t25?,26-,28+,29+,37?/m1/s1. The summed E-state index contributed by atoms with van der Waals surface area (Å²) in [5, 5.41) is 25.3. The molecule has 0 bridgehead atoms. The van der Waals surface area contributed by atoms with E-state index >= 15 is 0 Å². The summed E-state index contributed by atoms with van der Waals surface area (Å²) in [7, 11) is 0. The van der Waals surface area contributed by atoms with E-state index in [-0.39, 0.29) is 44.4 Å². The molecule has 2 unspecified atom stereocenters. The van der Waals surface area contributed by atoms with Gasteiger partial charge in [-0.3, -0.25) is 14.4 Å². The second kappa shape index (κ2) is 13.9. The molecule has 3 heterocycles. The molecular formula is C37H42N6O7. The summed E-state index contributed by atoms with van der Waals surface area (Å²) in [6.07, 6.45) is 3.52. The molecule has 3 aliphatic rings. The lowest BCUT2D eigenvalue weighted by atomic mass is 10.0. The molecule has 5 atom stereocenters. The first-order valence-corrected chi connectivity index (χ1v) is 17.0. The first-order valence-electron chi connectivity index (χ1n) is 17.0. The van der Waals surface area contributed by atoms with E-state index in [9.17, 15) is 29.1 Å². The average Bonchev–Trinajstić information content (AvgIpc) is 3.39. The van der Waals surface area contributed by atoms with Crippen LogP contribution < -0.4 is 10.6 Å². The van der Waals surface area contributed by atoms with E-state index in [1.165, 1.54) is 9.70 Å². The topological polar surface area (TPSA) is 173 Å². The van der Waals surface area contributed by atoms with Crippen LogP contribution in [0, 0.1) is 5.92 Å². The van der Waals surface area contributed by atoms with Crippen molar-refractivity contribution in [1.29, 1.82) is 0 Å². The summed E-state index contributed by atoms with van der Waals surface area (Å²) in [6.45, 7) is 5.09. The molecule has 262 valence electrons. The number of benzene rings is 2. The Morgan fingerprint density at radius 3 is 2.16 bits per heavy atom. The van der Waals surface area contributed by atoms with Crippen LogP contribution in [0.3, 0.4) is 0 Å². The maximum Gasteiger partial charge on any atom is 0.408 e. The van der Waals surface area contributed by atoms with Gasteiger partial charge in [-0.05, 0) is 40.0 Å². The molecule has 2 fully saturated rings. The minimum absolute atomic E-state index is 0.00208. The van der Waals surface area contributed by atoms with Gasteiger partial charge in [-0.15, -0.1) is 0 Å². The van der Waals surface area contributed by atoms with Crippen LogP contribution >= 0.6 is 0 Å². The fourth-order valence-corrected chi connectivity index (χ4v) is 6.65. The van der Waals surface area contributed by atoms with Crippen LogP contribution in [0.2, 0.25) is 0 Å². The Morgan fingerprint density at radius 2 is 1.58 bits per heavy atom. The van der Waals surface area contributed by atoms with Crippen LogP contribution in [-0.2, 0) is 23.9 Å². The lowest BCUT2D eigenvalue weighted by molar-refractivity contribution is -0.145. The summed E-state index contributed by atoms with van der Waals surface area (Å²) in [4.78, 5) is 69.6. The molecule has 13 nitrogen and oxygen atoms in total. The van der Waals surface area contributed by atoms with Crippen molar-refractivity contribution in [2.24, 2.45) is 5.92 Å². The third-order valence-corrected chi connectivity index (χ3v) is 9.32. The van der Waals surface area contributed by atoms with Crippen LogP contribution in [-0.4, -0.2) is 84.4 Å². The maximum atomic E-state index is 14.4. The number of amides is 3. The van der Waals surface area contributed by atoms with E-state index in [1.54, 1.807) is 32.9 Å². The van der Waals surface area contributed by atoms with Crippen molar-refractivity contribution in [2.45, 2.75) is 88.6 Å². The smallest absolute Gasteiger partial charge is 0.408 e. The van der Waals surface area contributed by atoms with Gasteiger partial charge in [-0.25, -0.2) is 9.59 Å². The Bertz CT molecular complexity index is 1740. The van der Waals surface area contributed by atoms with Gasteiger partial charge in [-0.2, -0.15) is 15.0 Å². The van der Waals surface area contributed by atoms with Crippen molar-refractivity contribution in [1.82, 2.24) is 30.5 Å². The number of carbonyl (C=O) groups excluding carboxylic acids is 4. The van der Waals surface area contributed by atoms with Crippen LogP contribution in [0.5, 0.6) is 0 Å². The van der Waals surface area contributed by atoms with Crippen LogP contribution in [0.1, 0.15) is 65.3 Å². The number of Topliss-reactive ketones (excluding diaryl/α,β-unsaturated/α-hetero) is 1. The highest BCUT2D eigenvalue weighted by atomic mass is 16.6. The lowest BCUT2D eigenvalue weighted by Crippen LogP contribution is -2.56. The molecule has 3 aromatic rings. The highest BCUT2D eigenvalue weighted by Gasteiger charge is 2.61. The van der Waals surface area contributed by atoms with Crippen molar-refractivity contribution in [3.8, 4) is 22.5 Å². The van der Waals surface area contributed by atoms with Crippen molar-refractivity contribution in [3.05, 3.63) is 72.8 Å². The number of nitrogens with one attached hydrogen (secondary N) is 2.